The van der Waals surface area contributed by atoms with Gasteiger partial charge < -0.3 is 10.6 Å². The highest BCUT2D eigenvalue weighted by atomic mass is 19.2. The van der Waals surface area contributed by atoms with Crippen molar-refractivity contribution in [2.75, 3.05) is 10.6 Å². The Morgan fingerprint density at radius 2 is 1.60 bits per heavy atom. The first-order chi connectivity index (χ1) is 12.0. The molecule has 2 aromatic rings. The van der Waals surface area contributed by atoms with Crippen molar-refractivity contribution >= 4 is 17.5 Å². The van der Waals surface area contributed by atoms with Crippen LogP contribution in [0.5, 0.6) is 0 Å². The fourth-order valence-corrected chi connectivity index (χ4v) is 2.82. The number of anilines is 2. The van der Waals surface area contributed by atoms with Gasteiger partial charge in [0.15, 0.2) is 23.3 Å². The molecule has 0 radical (unpaired) electrons. The molecule has 0 aliphatic heterocycles. The van der Waals surface area contributed by atoms with E-state index in [0.717, 1.165) is 18.9 Å². The van der Waals surface area contributed by atoms with Crippen molar-refractivity contribution in [2.24, 2.45) is 0 Å². The molecule has 1 aliphatic carbocycles. The smallest absolute Gasteiger partial charge is 0.259 e. The van der Waals surface area contributed by atoms with E-state index in [0.29, 0.717) is 17.9 Å². The van der Waals surface area contributed by atoms with Gasteiger partial charge in [-0.15, -0.1) is 10.2 Å². The first-order valence-corrected chi connectivity index (χ1v) is 8.09. The second-order valence-corrected chi connectivity index (χ2v) is 5.96. The second-order valence-electron chi connectivity index (χ2n) is 5.96. The minimum absolute atomic E-state index is 0.0864. The molecule has 0 unspecified atom stereocenters. The maximum absolute atomic E-state index is 13.6. The predicted molar refractivity (Wildman–Crippen MR) is 86.8 cm³/mol. The van der Waals surface area contributed by atoms with Gasteiger partial charge in [-0.1, -0.05) is 19.3 Å². The quantitative estimate of drug-likeness (QED) is 0.821. The Kier molecular flexibility index (Phi) is 5.16. The van der Waals surface area contributed by atoms with Crippen LogP contribution in [0, 0.1) is 17.5 Å². The number of hydrogen-bond donors (Lipinski definition) is 2. The van der Waals surface area contributed by atoms with Crippen LogP contribution in [0.2, 0.25) is 0 Å². The molecule has 1 saturated carbocycles. The highest BCUT2D eigenvalue weighted by molar-refractivity contribution is 6.03. The zero-order valence-electron chi connectivity index (χ0n) is 13.4. The van der Waals surface area contributed by atoms with Crippen LogP contribution in [-0.2, 0) is 0 Å². The lowest BCUT2D eigenvalue weighted by Crippen LogP contribution is -2.23. The summed E-state index contributed by atoms with van der Waals surface area (Å²) in [5, 5.41) is 13.4. The van der Waals surface area contributed by atoms with E-state index in [9.17, 15) is 18.0 Å². The molecule has 8 heteroatoms. The van der Waals surface area contributed by atoms with Crippen molar-refractivity contribution in [3.8, 4) is 0 Å². The molecule has 0 atom stereocenters. The average Bonchev–Trinajstić information content (AvgIpc) is 2.62. The Morgan fingerprint density at radius 1 is 0.920 bits per heavy atom. The third-order valence-electron chi connectivity index (χ3n) is 4.14. The zero-order valence-corrected chi connectivity index (χ0v) is 13.4. The first kappa shape index (κ1) is 17.2. The molecule has 1 aliphatic rings. The molecule has 132 valence electrons. The molecule has 1 amide bonds. The number of carbonyl (C=O) groups excluding carboxylic acids is 1. The fourth-order valence-electron chi connectivity index (χ4n) is 2.82. The summed E-state index contributed by atoms with van der Waals surface area (Å²) in [4.78, 5) is 12.0. The maximum atomic E-state index is 13.6. The highest BCUT2D eigenvalue weighted by Crippen LogP contribution is 2.21. The third kappa shape index (κ3) is 4.07. The van der Waals surface area contributed by atoms with Crippen molar-refractivity contribution in [3.05, 3.63) is 47.3 Å². The van der Waals surface area contributed by atoms with Crippen LogP contribution < -0.4 is 10.6 Å². The average molecular weight is 350 g/mol. The van der Waals surface area contributed by atoms with E-state index in [1.54, 1.807) is 6.07 Å². The van der Waals surface area contributed by atoms with Crippen LogP contribution in [0.4, 0.5) is 24.8 Å². The van der Waals surface area contributed by atoms with Crippen LogP contribution in [0.1, 0.15) is 42.5 Å². The van der Waals surface area contributed by atoms with Gasteiger partial charge in [0.05, 0.1) is 5.56 Å². The standard InChI is InChI=1S/C17H17F3N4O/c18-12-7-6-11(15(19)16(12)20)17(25)22-14-9-8-13(23-24-14)21-10-4-2-1-3-5-10/h6-10H,1-5H2,(H,21,23)(H,22,24,25). The third-order valence-corrected chi connectivity index (χ3v) is 4.14. The molecule has 0 saturated heterocycles. The fraction of sp³-hybridized carbons (Fsp3) is 0.353. The number of carbonyl (C=O) groups is 1. The molecule has 1 fully saturated rings. The summed E-state index contributed by atoms with van der Waals surface area (Å²) < 4.78 is 39.7. The van der Waals surface area contributed by atoms with Gasteiger partial charge in [-0.2, -0.15) is 0 Å². The van der Waals surface area contributed by atoms with E-state index >= 15 is 0 Å². The van der Waals surface area contributed by atoms with Crippen LogP contribution in [-0.4, -0.2) is 22.1 Å². The number of benzene rings is 1. The molecular formula is C17H17F3N4O. The number of aromatic nitrogens is 2. The number of rotatable bonds is 4. The normalized spacial score (nSPS) is 15.0. The predicted octanol–water partition coefficient (Wildman–Crippen LogP) is 3.89. The molecule has 25 heavy (non-hydrogen) atoms. The SMILES string of the molecule is O=C(Nc1ccc(NC2CCCCC2)nn1)c1ccc(F)c(F)c1F. The Bertz CT molecular complexity index is 761. The lowest BCUT2D eigenvalue weighted by molar-refractivity contribution is 0.102. The summed E-state index contributed by atoms with van der Waals surface area (Å²) in [7, 11) is 0. The minimum Gasteiger partial charge on any atom is -0.366 e. The summed E-state index contributed by atoms with van der Waals surface area (Å²) >= 11 is 0. The summed E-state index contributed by atoms with van der Waals surface area (Å²) in [6.07, 6.45) is 5.76. The molecule has 2 N–H and O–H groups in total. The van der Waals surface area contributed by atoms with Gasteiger partial charge >= 0.3 is 0 Å². The molecule has 0 bridgehead atoms. The largest absolute Gasteiger partial charge is 0.366 e. The number of nitrogens with one attached hydrogen (secondary N) is 2. The topological polar surface area (TPSA) is 66.9 Å². The van der Waals surface area contributed by atoms with Gasteiger partial charge in [-0.05, 0) is 37.1 Å². The molecular weight excluding hydrogens is 333 g/mol. The molecule has 5 nitrogen and oxygen atoms in total. The van der Waals surface area contributed by atoms with Crippen LogP contribution in [0.15, 0.2) is 24.3 Å². The lowest BCUT2D eigenvalue weighted by Gasteiger charge is -2.22. The van der Waals surface area contributed by atoms with Crippen LogP contribution in [0.25, 0.3) is 0 Å². The molecule has 1 heterocycles. The highest BCUT2D eigenvalue weighted by Gasteiger charge is 2.19. The number of nitrogens with zero attached hydrogens (tertiary/aromatic N) is 2. The number of hydrogen-bond acceptors (Lipinski definition) is 4. The first-order valence-electron chi connectivity index (χ1n) is 8.09. The molecule has 3 rings (SSSR count). The Morgan fingerprint density at radius 3 is 2.28 bits per heavy atom. The van der Waals surface area contributed by atoms with Gasteiger partial charge in [0.1, 0.15) is 5.82 Å². The van der Waals surface area contributed by atoms with Crippen LogP contribution >= 0.6 is 0 Å². The molecule has 1 aromatic heterocycles. The van der Waals surface area contributed by atoms with Crippen molar-refractivity contribution in [1.82, 2.24) is 10.2 Å². The van der Waals surface area contributed by atoms with E-state index < -0.39 is 28.9 Å². The van der Waals surface area contributed by atoms with Crippen molar-refractivity contribution in [3.63, 3.8) is 0 Å². The van der Waals surface area contributed by atoms with Gasteiger partial charge in [0.2, 0.25) is 0 Å². The summed E-state index contributed by atoms with van der Waals surface area (Å²) in [5.41, 5.74) is -0.606. The summed E-state index contributed by atoms with van der Waals surface area (Å²) in [6, 6.07) is 5.08. The zero-order chi connectivity index (χ0) is 17.8. The minimum atomic E-state index is -1.69. The van der Waals surface area contributed by atoms with Crippen LogP contribution in [0.3, 0.4) is 0 Å². The van der Waals surface area contributed by atoms with Crippen molar-refractivity contribution in [1.29, 1.82) is 0 Å². The van der Waals surface area contributed by atoms with E-state index in [-0.39, 0.29) is 5.82 Å². The van der Waals surface area contributed by atoms with Crippen molar-refractivity contribution in [2.45, 2.75) is 38.1 Å². The molecule has 0 spiro atoms. The van der Waals surface area contributed by atoms with Gasteiger partial charge in [-0.25, -0.2) is 13.2 Å². The Balaban J connectivity index is 1.65. The lowest BCUT2D eigenvalue weighted by atomic mass is 9.95. The van der Waals surface area contributed by atoms with E-state index in [2.05, 4.69) is 20.8 Å². The number of halogens is 3. The number of amides is 1. The summed E-state index contributed by atoms with van der Waals surface area (Å²) in [6.45, 7) is 0. The summed E-state index contributed by atoms with van der Waals surface area (Å²) in [5.74, 6) is -4.84. The monoisotopic (exact) mass is 350 g/mol. The second kappa shape index (κ2) is 7.50. The maximum Gasteiger partial charge on any atom is 0.259 e. The van der Waals surface area contributed by atoms with Crippen molar-refractivity contribution < 1.29 is 18.0 Å². The van der Waals surface area contributed by atoms with Gasteiger partial charge in [0.25, 0.3) is 5.91 Å². The molecule has 1 aromatic carbocycles. The Labute approximate surface area is 142 Å². The van der Waals surface area contributed by atoms with E-state index in [1.165, 1.54) is 25.3 Å². The van der Waals surface area contributed by atoms with Gasteiger partial charge in [-0.3, -0.25) is 4.79 Å². The van der Waals surface area contributed by atoms with E-state index in [1.807, 2.05) is 0 Å². The van der Waals surface area contributed by atoms with E-state index in [4.69, 9.17) is 0 Å². The Hall–Kier alpha value is -2.64. The van der Waals surface area contributed by atoms with Gasteiger partial charge in [0, 0.05) is 6.04 Å².